The number of hydrogen-bond acceptors (Lipinski definition) is 3. The van der Waals surface area contributed by atoms with E-state index in [4.69, 9.17) is 12.6 Å². The molecule has 0 saturated heterocycles. The van der Waals surface area contributed by atoms with Crippen molar-refractivity contribution in [1.29, 1.82) is 0 Å². The van der Waals surface area contributed by atoms with Crippen molar-refractivity contribution in [1.82, 2.24) is 0 Å². The molecule has 6 heteroatoms. The molecule has 0 N–H and O–H groups in total. The monoisotopic (exact) mass is 520 g/mol. The first-order chi connectivity index (χ1) is 8.55. The van der Waals surface area contributed by atoms with Crippen LogP contribution >= 0.6 is 0 Å². The fourth-order valence-electron chi connectivity index (χ4n) is 1.68. The van der Waals surface area contributed by atoms with Gasteiger partial charge in [0.1, 0.15) is 5.78 Å². The van der Waals surface area contributed by atoms with Gasteiger partial charge in [-0.05, 0) is 12.3 Å². The summed E-state index contributed by atoms with van der Waals surface area (Å²) < 4.78 is 9.27. The smallest absolute Gasteiger partial charge is 0.388 e. The topological polar surface area (TPSA) is 35.5 Å². The van der Waals surface area contributed by atoms with Gasteiger partial charge in [-0.2, -0.15) is 0 Å². The number of carbonyl (C=O) groups excluding carboxylic acids is 1. The summed E-state index contributed by atoms with van der Waals surface area (Å²) in [7, 11) is 10.7. The first-order valence-electron chi connectivity index (χ1n) is 6.51. The van der Waals surface area contributed by atoms with Gasteiger partial charge in [-0.25, -0.2) is 0 Å². The summed E-state index contributed by atoms with van der Waals surface area (Å²) in [6.07, 6.45) is 4.68. The fourth-order valence-corrected chi connectivity index (χ4v) is 1.68. The van der Waals surface area contributed by atoms with Crippen LogP contribution < -0.4 is 0 Å². The molecule has 0 aromatic carbocycles. The molecule has 0 aliphatic heterocycles. The number of carbonyl (C=O) groups is 1. The quantitative estimate of drug-likeness (QED) is 0.419. The van der Waals surface area contributed by atoms with Crippen LogP contribution in [0.4, 0.5) is 0 Å². The van der Waals surface area contributed by atoms with Crippen LogP contribution in [-0.4, -0.2) is 41.6 Å². The van der Waals surface area contributed by atoms with Gasteiger partial charge < -0.3 is 36.0 Å². The Labute approximate surface area is 167 Å². The summed E-state index contributed by atoms with van der Waals surface area (Å²) in [5.74, 6) is 1.42. The Hall–Kier alpha value is 0.928. The second-order valence-corrected chi connectivity index (χ2v) is 4.44. The van der Waals surface area contributed by atoms with Gasteiger partial charge in [0.15, 0.2) is 0 Å². The number of ketones is 1. The third-order valence-electron chi connectivity index (χ3n) is 2.66. The zero-order valence-corrected chi connectivity index (χ0v) is 19.6. The molecule has 0 bridgehead atoms. The summed E-state index contributed by atoms with van der Waals surface area (Å²) in [5.41, 5.74) is 0. The molecule has 1 saturated carbocycles. The normalized spacial score (nSPS) is 17.5. The molecule has 2 atom stereocenters. The van der Waals surface area contributed by atoms with Gasteiger partial charge in [0.2, 0.25) is 0 Å². The van der Waals surface area contributed by atoms with Gasteiger partial charge in [-0.1, -0.05) is 25.6 Å². The molecule has 0 spiro atoms. The van der Waals surface area contributed by atoms with E-state index in [1.54, 1.807) is 21.3 Å². The largest absolute Gasteiger partial charge is 2.00 e. The summed E-state index contributed by atoms with van der Waals surface area (Å²) in [4.78, 5) is 10.1. The molecule has 0 heterocycles. The maximum Gasteiger partial charge on any atom is 2.00 e. The Bertz CT molecular complexity index is 190. The van der Waals surface area contributed by atoms with E-state index >= 15 is 0 Å². The standard InChI is InChI=1S/C7H13BO.C5H9O.C2H6O.2CH3.V.W/c1-9-5-6-2-3-7(8)4-6;1-3-5(6)4-2;1-3-2;;;;/h6-7H,2-5H2,1H3;1,3-4H2,2H3;1-2H3;2*1H3;;/q;-1;;2*-1;;+2. The average molecular weight is 520 g/mol. The molecule has 1 fully saturated rings. The van der Waals surface area contributed by atoms with Crippen LogP contribution in [-0.2, 0) is 53.9 Å². The van der Waals surface area contributed by atoms with E-state index < -0.39 is 0 Å². The number of ether oxygens (including phenoxy) is 2. The molecule has 22 heavy (non-hydrogen) atoms. The summed E-state index contributed by atoms with van der Waals surface area (Å²) in [5, 5.41) is 0. The van der Waals surface area contributed by atoms with E-state index in [9.17, 15) is 4.79 Å². The van der Waals surface area contributed by atoms with Crippen molar-refractivity contribution < 1.29 is 53.9 Å². The van der Waals surface area contributed by atoms with Gasteiger partial charge in [0.25, 0.3) is 0 Å². The van der Waals surface area contributed by atoms with Gasteiger partial charge in [-0.3, -0.25) is 0 Å². The molecule has 131 valence electrons. The maximum absolute atomic E-state index is 10.1. The fraction of sp³-hybridized carbons (Fsp3) is 0.750. The molecule has 3 nitrogen and oxygen atoms in total. The first-order valence-corrected chi connectivity index (χ1v) is 6.51. The Morgan fingerprint density at radius 3 is 1.86 bits per heavy atom. The molecule has 0 amide bonds. The van der Waals surface area contributed by atoms with Crippen LogP contribution in [0.5, 0.6) is 0 Å². The molecular formula is C16H34BO3VW-. The Kier molecular flexibility index (Phi) is 52.3. The number of rotatable bonds is 4. The zero-order chi connectivity index (χ0) is 14.4. The van der Waals surface area contributed by atoms with Crippen LogP contribution in [0.2, 0.25) is 5.82 Å². The van der Waals surface area contributed by atoms with Gasteiger partial charge >= 0.3 is 21.1 Å². The minimum Gasteiger partial charge on any atom is -0.388 e. The van der Waals surface area contributed by atoms with E-state index in [2.05, 4.69) is 11.7 Å². The van der Waals surface area contributed by atoms with Crippen molar-refractivity contribution in [2.45, 2.75) is 44.8 Å². The SMILES string of the molecule is COC.[B]C1CCC(COC)C1.[CH2-]CC(=O)CC.[CH3-].[CH3-].[V].[W+2]. The number of Topliss-reactive ketones (excluding diaryl/α,β-unsaturated/α-hetero) is 1. The summed E-state index contributed by atoms with van der Waals surface area (Å²) >= 11 is 0. The average Bonchev–Trinajstić information content (AvgIpc) is 2.76. The van der Waals surface area contributed by atoms with E-state index in [0.29, 0.717) is 18.7 Å². The van der Waals surface area contributed by atoms with Crippen molar-refractivity contribution in [3.63, 3.8) is 0 Å². The second-order valence-electron chi connectivity index (χ2n) is 4.44. The van der Waals surface area contributed by atoms with E-state index in [-0.39, 0.29) is 60.3 Å². The predicted molar refractivity (Wildman–Crippen MR) is 89.8 cm³/mol. The van der Waals surface area contributed by atoms with Crippen molar-refractivity contribution in [3.05, 3.63) is 21.8 Å². The zero-order valence-electron chi connectivity index (χ0n) is 15.3. The molecule has 1 aliphatic rings. The van der Waals surface area contributed by atoms with Crippen LogP contribution in [0.1, 0.15) is 39.0 Å². The second kappa shape index (κ2) is 29.9. The predicted octanol–water partition coefficient (Wildman–Crippen LogP) is 3.74. The Morgan fingerprint density at radius 1 is 1.23 bits per heavy atom. The maximum atomic E-state index is 10.1. The van der Waals surface area contributed by atoms with Gasteiger partial charge in [0, 0.05) is 52.9 Å². The number of hydrogen-bond donors (Lipinski definition) is 0. The van der Waals surface area contributed by atoms with Gasteiger partial charge in [0.05, 0.1) is 7.85 Å². The van der Waals surface area contributed by atoms with E-state index in [1.165, 1.54) is 12.8 Å². The molecule has 1 rings (SSSR count). The molecule has 0 aromatic rings. The van der Waals surface area contributed by atoms with E-state index in [1.807, 2.05) is 6.92 Å². The van der Waals surface area contributed by atoms with Crippen molar-refractivity contribution in [2.75, 3.05) is 27.9 Å². The number of methoxy groups -OCH3 is 2. The molecule has 0 aromatic heterocycles. The summed E-state index contributed by atoms with van der Waals surface area (Å²) in [6, 6.07) is 0. The van der Waals surface area contributed by atoms with E-state index in [0.717, 1.165) is 18.9 Å². The summed E-state index contributed by atoms with van der Waals surface area (Å²) in [6.45, 7) is 6.14. The Morgan fingerprint density at radius 2 is 1.68 bits per heavy atom. The van der Waals surface area contributed by atoms with Crippen LogP contribution in [0.15, 0.2) is 0 Å². The minimum absolute atomic E-state index is 0. The first kappa shape index (κ1) is 38.5. The van der Waals surface area contributed by atoms with Crippen LogP contribution in [0.3, 0.4) is 0 Å². The Balaban J connectivity index is -0.0000000444. The van der Waals surface area contributed by atoms with Crippen LogP contribution in [0, 0.1) is 27.7 Å². The van der Waals surface area contributed by atoms with Crippen LogP contribution in [0.25, 0.3) is 0 Å². The minimum atomic E-state index is 0. The van der Waals surface area contributed by atoms with Crippen molar-refractivity contribution in [2.24, 2.45) is 5.92 Å². The third kappa shape index (κ3) is 29.0. The van der Waals surface area contributed by atoms with Crippen molar-refractivity contribution in [3.8, 4) is 0 Å². The molecule has 2 unspecified atom stereocenters. The van der Waals surface area contributed by atoms with Crippen molar-refractivity contribution >= 4 is 13.6 Å². The molecule has 3 radical (unpaired) electrons. The van der Waals surface area contributed by atoms with Gasteiger partial charge in [-0.15, -0.1) is 6.42 Å². The third-order valence-corrected chi connectivity index (χ3v) is 2.66. The molecular weight excluding hydrogens is 486 g/mol. The molecule has 1 aliphatic carbocycles.